The van der Waals surface area contributed by atoms with E-state index in [0.717, 1.165) is 43.9 Å². The number of halogens is 2. The van der Waals surface area contributed by atoms with Crippen LogP contribution in [0.3, 0.4) is 0 Å². The summed E-state index contributed by atoms with van der Waals surface area (Å²) in [7, 11) is -1.63. The zero-order valence-electron chi connectivity index (χ0n) is 18.8. The summed E-state index contributed by atoms with van der Waals surface area (Å²) >= 11 is 12.5. The average Bonchev–Trinajstić information content (AvgIpc) is 2.85. The Morgan fingerprint density at radius 3 is 2.18 bits per heavy atom. The van der Waals surface area contributed by atoms with Crippen molar-refractivity contribution in [3.63, 3.8) is 0 Å². The first kappa shape index (κ1) is 25.0. The number of rotatable bonds is 8. The van der Waals surface area contributed by atoms with Crippen LogP contribution in [0.4, 0.5) is 0 Å². The molecule has 3 aromatic carbocycles. The zero-order chi connectivity index (χ0) is 24.1. The van der Waals surface area contributed by atoms with Crippen molar-refractivity contribution >= 4 is 33.2 Å². The summed E-state index contributed by atoms with van der Waals surface area (Å²) in [5, 5.41) is 1.05. The summed E-state index contributed by atoms with van der Waals surface area (Å²) in [5.41, 5.74) is 2.15. The van der Waals surface area contributed by atoms with Gasteiger partial charge in [0.05, 0.1) is 14.9 Å². The maximum Gasteiger partial charge on any atom is 0.271 e. The largest absolute Gasteiger partial charge is 0.394 e. The Kier molecular flexibility index (Phi) is 8.14. The monoisotopic (exact) mass is 519 g/mol. The molecule has 0 spiro atoms. The van der Waals surface area contributed by atoms with E-state index >= 15 is 0 Å². The minimum atomic E-state index is -3.77. The van der Waals surface area contributed by atoms with Gasteiger partial charge >= 0.3 is 0 Å². The molecule has 0 bridgehead atoms. The van der Waals surface area contributed by atoms with Gasteiger partial charge in [0.2, 0.25) is 0 Å². The van der Waals surface area contributed by atoms with Gasteiger partial charge in [0, 0.05) is 38.6 Å². The molecule has 1 heterocycles. The zero-order valence-corrected chi connectivity index (χ0v) is 21.2. The lowest BCUT2D eigenvalue weighted by molar-refractivity contribution is 0.150. The third kappa shape index (κ3) is 6.30. The molecule has 180 valence electrons. The topological polar surface area (TPSA) is 61.9 Å². The number of sulfonamides is 1. The van der Waals surface area contributed by atoms with Crippen LogP contribution in [-0.4, -0.2) is 58.0 Å². The SMILES string of the molecule is CN1CCN(CC(c2ccc(ONS(=O)(=O)c3ccccc3)cc2)c2ccc(Cl)c(Cl)c2)CC1. The second-order valence-electron chi connectivity index (χ2n) is 8.40. The van der Waals surface area contributed by atoms with Gasteiger partial charge in [-0.05, 0) is 59.5 Å². The number of benzene rings is 3. The molecule has 34 heavy (non-hydrogen) atoms. The summed E-state index contributed by atoms with van der Waals surface area (Å²) in [6, 6.07) is 21.3. The molecule has 9 heteroatoms. The van der Waals surface area contributed by atoms with Crippen LogP contribution in [0.2, 0.25) is 10.0 Å². The highest BCUT2D eigenvalue weighted by atomic mass is 35.5. The van der Waals surface area contributed by atoms with Gasteiger partial charge < -0.3 is 9.74 Å². The third-order valence-corrected chi connectivity index (χ3v) is 7.92. The second-order valence-corrected chi connectivity index (χ2v) is 10.9. The number of likely N-dealkylation sites (N-methyl/N-ethyl adjacent to an activating group) is 1. The lowest BCUT2D eigenvalue weighted by Gasteiger charge is -2.35. The highest BCUT2D eigenvalue weighted by Gasteiger charge is 2.22. The van der Waals surface area contributed by atoms with Crippen LogP contribution < -0.4 is 9.72 Å². The molecule has 1 unspecified atom stereocenters. The molecule has 3 aromatic rings. The molecular weight excluding hydrogens is 493 g/mol. The van der Waals surface area contributed by atoms with Gasteiger partial charge in [-0.25, -0.2) is 8.42 Å². The van der Waals surface area contributed by atoms with Gasteiger partial charge in [-0.15, -0.1) is 0 Å². The molecule has 1 aliphatic heterocycles. The van der Waals surface area contributed by atoms with Crippen LogP contribution >= 0.6 is 23.2 Å². The maximum atomic E-state index is 12.4. The predicted molar refractivity (Wildman–Crippen MR) is 136 cm³/mol. The molecule has 4 rings (SSSR count). The van der Waals surface area contributed by atoms with Crippen molar-refractivity contribution in [3.8, 4) is 5.75 Å². The van der Waals surface area contributed by atoms with E-state index < -0.39 is 10.0 Å². The van der Waals surface area contributed by atoms with Crippen LogP contribution in [0.25, 0.3) is 0 Å². The van der Waals surface area contributed by atoms with Gasteiger partial charge in [0.25, 0.3) is 10.0 Å². The summed E-state index contributed by atoms with van der Waals surface area (Å²) < 4.78 is 24.8. The highest BCUT2D eigenvalue weighted by molar-refractivity contribution is 7.89. The molecule has 1 fully saturated rings. The number of nitrogens with zero attached hydrogens (tertiary/aromatic N) is 2. The second kappa shape index (κ2) is 11.1. The van der Waals surface area contributed by atoms with Crippen LogP contribution in [0, 0.1) is 0 Å². The van der Waals surface area contributed by atoms with Crippen molar-refractivity contribution in [2.75, 3.05) is 39.8 Å². The molecule has 0 radical (unpaired) electrons. The van der Waals surface area contributed by atoms with E-state index in [9.17, 15) is 8.42 Å². The van der Waals surface area contributed by atoms with Crippen molar-refractivity contribution < 1.29 is 13.3 Å². The highest BCUT2D eigenvalue weighted by Crippen LogP contribution is 2.32. The molecule has 0 amide bonds. The Hall–Kier alpha value is -2.13. The van der Waals surface area contributed by atoms with Gasteiger partial charge in [-0.1, -0.05) is 59.6 Å². The lowest BCUT2D eigenvalue weighted by Crippen LogP contribution is -2.45. The Balaban J connectivity index is 1.51. The summed E-state index contributed by atoms with van der Waals surface area (Å²) in [6.07, 6.45) is 0. The fraction of sp³-hybridized carbons (Fsp3) is 0.280. The maximum absolute atomic E-state index is 12.4. The van der Waals surface area contributed by atoms with E-state index in [1.807, 2.05) is 30.3 Å². The number of hydrogen-bond acceptors (Lipinski definition) is 5. The summed E-state index contributed by atoms with van der Waals surface area (Å²) in [4.78, 5) is 12.5. The Morgan fingerprint density at radius 1 is 0.882 bits per heavy atom. The normalized spacial score (nSPS) is 16.3. The van der Waals surface area contributed by atoms with Gasteiger partial charge in [-0.3, -0.25) is 4.90 Å². The van der Waals surface area contributed by atoms with Crippen LogP contribution in [0.5, 0.6) is 5.75 Å². The number of hydrogen-bond donors (Lipinski definition) is 1. The smallest absolute Gasteiger partial charge is 0.271 e. The molecular formula is C25H27Cl2N3O3S. The van der Waals surface area contributed by atoms with Crippen LogP contribution in [-0.2, 0) is 10.0 Å². The van der Waals surface area contributed by atoms with E-state index in [2.05, 4.69) is 21.7 Å². The van der Waals surface area contributed by atoms with E-state index in [0.29, 0.717) is 15.8 Å². The number of nitrogens with one attached hydrogen (secondary N) is 1. The van der Waals surface area contributed by atoms with E-state index in [1.54, 1.807) is 30.3 Å². The van der Waals surface area contributed by atoms with E-state index in [4.69, 9.17) is 28.0 Å². The Bertz CT molecular complexity index is 1200. The van der Waals surface area contributed by atoms with Crippen molar-refractivity contribution in [3.05, 3.63) is 94.0 Å². The van der Waals surface area contributed by atoms with Gasteiger partial charge in [-0.2, -0.15) is 0 Å². The molecule has 6 nitrogen and oxygen atoms in total. The standard InChI is InChI=1S/C25H27Cl2N3O3S/c1-29-13-15-30(16-14-29)18-23(20-9-12-24(26)25(27)17-20)19-7-10-21(11-8-19)33-28-34(31,32)22-5-3-2-4-6-22/h2-12,17,23,28H,13-16,18H2,1H3. The molecule has 1 atom stereocenters. The minimum absolute atomic E-state index is 0.0771. The first-order valence-electron chi connectivity index (χ1n) is 11.0. The van der Waals surface area contributed by atoms with Crippen LogP contribution in [0.15, 0.2) is 77.7 Å². The minimum Gasteiger partial charge on any atom is -0.394 e. The van der Waals surface area contributed by atoms with Gasteiger partial charge in [0.15, 0.2) is 0 Å². The molecule has 1 aliphatic rings. The molecule has 0 aromatic heterocycles. The predicted octanol–water partition coefficient (Wildman–Crippen LogP) is 4.65. The lowest BCUT2D eigenvalue weighted by atomic mass is 9.90. The number of piperazine rings is 1. The summed E-state index contributed by atoms with van der Waals surface area (Å²) in [5.74, 6) is 0.476. The Labute approximate surface area is 211 Å². The van der Waals surface area contributed by atoms with Crippen molar-refractivity contribution in [1.29, 1.82) is 0 Å². The quantitative estimate of drug-likeness (QED) is 0.439. The average molecular weight is 520 g/mol. The molecule has 0 saturated carbocycles. The van der Waals surface area contributed by atoms with Crippen molar-refractivity contribution in [2.45, 2.75) is 10.8 Å². The molecule has 1 saturated heterocycles. The third-order valence-electron chi connectivity index (χ3n) is 5.99. The summed E-state index contributed by atoms with van der Waals surface area (Å²) in [6.45, 7) is 4.89. The van der Waals surface area contributed by atoms with Crippen LogP contribution in [0.1, 0.15) is 17.0 Å². The van der Waals surface area contributed by atoms with Crippen molar-refractivity contribution in [1.82, 2.24) is 14.7 Å². The Morgan fingerprint density at radius 2 is 1.53 bits per heavy atom. The first-order valence-corrected chi connectivity index (χ1v) is 13.3. The molecule has 1 N–H and O–H groups in total. The van der Waals surface area contributed by atoms with E-state index in [-0.39, 0.29) is 10.8 Å². The first-order chi connectivity index (χ1) is 16.3. The van der Waals surface area contributed by atoms with Crippen molar-refractivity contribution in [2.24, 2.45) is 0 Å². The van der Waals surface area contributed by atoms with E-state index in [1.165, 1.54) is 12.1 Å². The van der Waals surface area contributed by atoms with Gasteiger partial charge in [0.1, 0.15) is 5.75 Å². The molecule has 0 aliphatic carbocycles. The fourth-order valence-corrected chi connectivity index (χ4v) is 5.06. The fourth-order valence-electron chi connectivity index (χ4n) is 3.94.